The number of rotatable bonds is 2. The van der Waals surface area contributed by atoms with Crippen molar-refractivity contribution in [1.29, 1.82) is 0 Å². The highest BCUT2D eigenvalue weighted by Gasteiger charge is 2.64. The van der Waals surface area contributed by atoms with Crippen LogP contribution in [0.2, 0.25) is 0 Å². The predicted octanol–water partition coefficient (Wildman–Crippen LogP) is 4.69. The van der Waals surface area contributed by atoms with Gasteiger partial charge in [-0.25, -0.2) is 0 Å². The van der Waals surface area contributed by atoms with Gasteiger partial charge in [0.25, 0.3) is 0 Å². The SMILES string of the molecule is O=C1C[C@H](c2ccc(O)cc2)C2(C(=O)c3ccccc3C2=O)[C@H](c2ccccc2)C1. The molecule has 4 nitrogen and oxygen atoms in total. The Labute approximate surface area is 174 Å². The summed E-state index contributed by atoms with van der Waals surface area (Å²) in [5.41, 5.74) is 1.04. The molecule has 30 heavy (non-hydrogen) atoms. The van der Waals surface area contributed by atoms with Crippen molar-refractivity contribution in [2.75, 3.05) is 0 Å². The molecule has 0 saturated heterocycles. The molecule has 0 bridgehead atoms. The summed E-state index contributed by atoms with van der Waals surface area (Å²) >= 11 is 0. The van der Waals surface area contributed by atoms with Crippen molar-refractivity contribution in [1.82, 2.24) is 0 Å². The van der Waals surface area contributed by atoms with Gasteiger partial charge < -0.3 is 5.11 Å². The molecule has 1 fully saturated rings. The van der Waals surface area contributed by atoms with Gasteiger partial charge in [0.2, 0.25) is 0 Å². The summed E-state index contributed by atoms with van der Waals surface area (Å²) in [7, 11) is 0. The Morgan fingerprint density at radius 3 is 1.63 bits per heavy atom. The standard InChI is InChI=1S/C26H20O4/c27-18-12-10-17(11-13-18)23-15-19(28)14-22(16-6-2-1-3-7-16)26(23)24(29)20-8-4-5-9-21(20)25(26)30/h1-13,22-23,27H,14-15H2/t22-,23+/m0/s1. The molecular formula is C26H20O4. The first-order valence-corrected chi connectivity index (χ1v) is 10.1. The number of hydrogen-bond donors (Lipinski definition) is 1. The zero-order valence-electron chi connectivity index (χ0n) is 16.2. The fourth-order valence-electron chi connectivity index (χ4n) is 5.32. The Kier molecular flexibility index (Phi) is 4.17. The molecule has 1 spiro atoms. The topological polar surface area (TPSA) is 71.4 Å². The van der Waals surface area contributed by atoms with E-state index in [0.717, 1.165) is 11.1 Å². The highest BCUT2D eigenvalue weighted by Crippen LogP contribution is 2.60. The van der Waals surface area contributed by atoms with Gasteiger partial charge in [-0.15, -0.1) is 0 Å². The lowest BCUT2D eigenvalue weighted by molar-refractivity contribution is -0.122. The number of fused-ring (bicyclic) bond motifs is 1. The lowest BCUT2D eigenvalue weighted by Crippen LogP contribution is -2.49. The van der Waals surface area contributed by atoms with E-state index >= 15 is 0 Å². The molecule has 5 rings (SSSR count). The summed E-state index contributed by atoms with van der Waals surface area (Å²) < 4.78 is 0. The normalized spacial score (nSPS) is 22.3. The minimum Gasteiger partial charge on any atom is -0.508 e. The molecule has 2 aliphatic rings. The van der Waals surface area contributed by atoms with E-state index in [-0.39, 0.29) is 35.9 Å². The van der Waals surface area contributed by atoms with Gasteiger partial charge in [0.15, 0.2) is 11.6 Å². The molecule has 0 aromatic heterocycles. The molecule has 0 unspecified atom stereocenters. The molecule has 0 heterocycles. The molecule has 4 heteroatoms. The summed E-state index contributed by atoms with van der Waals surface area (Å²) in [6, 6.07) is 22.9. The Bertz CT molecular complexity index is 1130. The van der Waals surface area contributed by atoms with Gasteiger partial charge in [-0.05, 0) is 23.3 Å². The van der Waals surface area contributed by atoms with Crippen molar-refractivity contribution in [2.45, 2.75) is 24.7 Å². The Morgan fingerprint density at radius 1 is 0.633 bits per heavy atom. The van der Waals surface area contributed by atoms with E-state index < -0.39 is 17.3 Å². The number of phenols is 1. The lowest BCUT2D eigenvalue weighted by atomic mass is 9.54. The van der Waals surface area contributed by atoms with Crippen LogP contribution in [0.5, 0.6) is 5.75 Å². The number of ketones is 3. The number of carbonyl (C=O) groups is 3. The van der Waals surface area contributed by atoms with Gasteiger partial charge in [-0.1, -0.05) is 66.7 Å². The van der Waals surface area contributed by atoms with Crippen LogP contribution in [0.1, 0.15) is 56.5 Å². The monoisotopic (exact) mass is 396 g/mol. The summed E-state index contributed by atoms with van der Waals surface area (Å²) in [5.74, 6) is -1.40. The van der Waals surface area contributed by atoms with Crippen LogP contribution in [-0.2, 0) is 4.79 Å². The number of aromatic hydroxyl groups is 1. The maximum atomic E-state index is 13.9. The highest BCUT2D eigenvalue weighted by molar-refractivity contribution is 6.31. The van der Waals surface area contributed by atoms with E-state index in [9.17, 15) is 19.5 Å². The summed E-state index contributed by atoms with van der Waals surface area (Å²) in [6.45, 7) is 0. The van der Waals surface area contributed by atoms with E-state index in [2.05, 4.69) is 0 Å². The summed E-state index contributed by atoms with van der Waals surface area (Å²) in [4.78, 5) is 40.7. The molecule has 1 saturated carbocycles. The van der Waals surface area contributed by atoms with Crippen LogP contribution in [0, 0.1) is 5.41 Å². The van der Waals surface area contributed by atoms with Crippen molar-refractivity contribution in [3.05, 3.63) is 101 Å². The molecule has 3 aromatic carbocycles. The number of hydrogen-bond acceptors (Lipinski definition) is 4. The molecule has 0 radical (unpaired) electrons. The van der Waals surface area contributed by atoms with Gasteiger partial charge in [-0.2, -0.15) is 0 Å². The van der Waals surface area contributed by atoms with Crippen molar-refractivity contribution in [3.8, 4) is 5.75 Å². The van der Waals surface area contributed by atoms with Gasteiger partial charge >= 0.3 is 0 Å². The Hall–Kier alpha value is -3.53. The second kappa shape index (κ2) is 6.77. The first kappa shape index (κ1) is 18.5. The van der Waals surface area contributed by atoms with Gasteiger partial charge in [0, 0.05) is 35.8 Å². The Morgan fingerprint density at radius 2 is 1.10 bits per heavy atom. The quantitative estimate of drug-likeness (QED) is 0.638. The lowest BCUT2D eigenvalue weighted by Gasteiger charge is -2.44. The van der Waals surface area contributed by atoms with Crippen LogP contribution in [0.25, 0.3) is 0 Å². The van der Waals surface area contributed by atoms with Gasteiger partial charge in [0.05, 0.1) is 0 Å². The number of carbonyl (C=O) groups excluding carboxylic acids is 3. The number of Topliss-reactive ketones (excluding diaryl/α,β-unsaturated/α-hetero) is 3. The van der Waals surface area contributed by atoms with Crippen molar-refractivity contribution < 1.29 is 19.5 Å². The van der Waals surface area contributed by atoms with E-state index in [1.54, 1.807) is 36.4 Å². The molecule has 3 aromatic rings. The fraction of sp³-hybridized carbons (Fsp3) is 0.192. The van der Waals surface area contributed by atoms with Crippen molar-refractivity contribution >= 4 is 17.3 Å². The van der Waals surface area contributed by atoms with Crippen LogP contribution in [0.4, 0.5) is 0 Å². The van der Waals surface area contributed by atoms with Crippen LogP contribution in [-0.4, -0.2) is 22.5 Å². The third kappa shape index (κ3) is 2.50. The smallest absolute Gasteiger partial charge is 0.178 e. The zero-order chi connectivity index (χ0) is 20.9. The van der Waals surface area contributed by atoms with E-state index in [1.807, 2.05) is 30.3 Å². The minimum absolute atomic E-state index is 0.0316. The first-order chi connectivity index (χ1) is 14.5. The van der Waals surface area contributed by atoms with Crippen LogP contribution < -0.4 is 0 Å². The average molecular weight is 396 g/mol. The molecule has 148 valence electrons. The molecule has 2 aliphatic carbocycles. The fourth-order valence-corrected chi connectivity index (χ4v) is 5.32. The molecular weight excluding hydrogens is 376 g/mol. The minimum atomic E-state index is -1.37. The number of phenolic OH excluding ortho intramolecular Hbond substituents is 1. The maximum absolute atomic E-state index is 13.9. The second-order valence-corrected chi connectivity index (χ2v) is 8.13. The largest absolute Gasteiger partial charge is 0.508 e. The van der Waals surface area contributed by atoms with Crippen LogP contribution in [0.3, 0.4) is 0 Å². The first-order valence-electron chi connectivity index (χ1n) is 10.1. The third-order valence-electron chi connectivity index (χ3n) is 6.63. The summed E-state index contributed by atoms with van der Waals surface area (Å²) in [6.07, 6.45) is 0.281. The van der Waals surface area contributed by atoms with E-state index in [0.29, 0.717) is 11.1 Å². The second-order valence-electron chi connectivity index (χ2n) is 8.13. The molecule has 2 atom stereocenters. The van der Waals surface area contributed by atoms with Crippen molar-refractivity contribution in [3.63, 3.8) is 0 Å². The Balaban J connectivity index is 1.78. The van der Waals surface area contributed by atoms with Gasteiger partial charge in [-0.3, -0.25) is 14.4 Å². The van der Waals surface area contributed by atoms with E-state index in [1.165, 1.54) is 12.1 Å². The maximum Gasteiger partial charge on any atom is 0.178 e. The van der Waals surface area contributed by atoms with E-state index in [4.69, 9.17) is 0 Å². The van der Waals surface area contributed by atoms with Crippen LogP contribution in [0.15, 0.2) is 78.9 Å². The average Bonchev–Trinajstić information content (AvgIpc) is 2.99. The van der Waals surface area contributed by atoms with Crippen LogP contribution >= 0.6 is 0 Å². The predicted molar refractivity (Wildman–Crippen MR) is 112 cm³/mol. The highest BCUT2D eigenvalue weighted by atomic mass is 16.3. The third-order valence-corrected chi connectivity index (χ3v) is 6.63. The number of benzene rings is 3. The summed E-state index contributed by atoms with van der Waals surface area (Å²) in [5, 5.41) is 9.74. The van der Waals surface area contributed by atoms with Gasteiger partial charge in [0.1, 0.15) is 16.9 Å². The molecule has 1 N–H and O–H groups in total. The van der Waals surface area contributed by atoms with Crippen molar-refractivity contribution in [2.24, 2.45) is 5.41 Å². The molecule has 0 aliphatic heterocycles. The zero-order valence-corrected chi connectivity index (χ0v) is 16.2. The molecule has 0 amide bonds.